The highest BCUT2D eigenvalue weighted by Gasteiger charge is 2.21. The molecule has 0 radical (unpaired) electrons. The number of carbonyl (C=O) groups is 2. The minimum Gasteiger partial charge on any atom is -0.327 e. The summed E-state index contributed by atoms with van der Waals surface area (Å²) < 4.78 is 1.08. The Morgan fingerprint density at radius 2 is 1.95 bits per heavy atom. The summed E-state index contributed by atoms with van der Waals surface area (Å²) in [5.41, 5.74) is 1.07. The minimum atomic E-state index is -0.348. The van der Waals surface area contributed by atoms with Crippen molar-refractivity contribution < 1.29 is 14.4 Å². The molecule has 116 valence electrons. The molecule has 0 aliphatic heterocycles. The molecule has 0 N–H and O–H groups in total. The highest BCUT2D eigenvalue weighted by atomic mass is 32.2. The first kappa shape index (κ1) is 17.6. The van der Waals surface area contributed by atoms with Crippen molar-refractivity contribution in [2.24, 2.45) is 5.92 Å². The van der Waals surface area contributed by atoms with Gasteiger partial charge in [-0.15, -0.1) is 4.47 Å². The summed E-state index contributed by atoms with van der Waals surface area (Å²) in [7, 11) is 0. The molecule has 0 aromatic heterocycles. The number of hydrogen-bond donors (Lipinski definition) is 0. The number of hydroxylamine groups is 1. The molecular weight excluding hydrogens is 286 g/mol. The van der Waals surface area contributed by atoms with Crippen molar-refractivity contribution in [1.82, 2.24) is 4.47 Å². The third kappa shape index (κ3) is 6.67. The van der Waals surface area contributed by atoms with E-state index in [0.717, 1.165) is 29.3 Å². The highest BCUT2D eigenvalue weighted by molar-refractivity contribution is 7.96. The maximum Gasteiger partial charge on any atom is 0.336 e. The van der Waals surface area contributed by atoms with E-state index >= 15 is 0 Å². The van der Waals surface area contributed by atoms with Crippen LogP contribution in [0.3, 0.4) is 0 Å². The third-order valence-corrected chi connectivity index (χ3v) is 4.04. The van der Waals surface area contributed by atoms with E-state index in [-0.39, 0.29) is 17.8 Å². The fraction of sp³-hybridized carbons (Fsp3) is 0.500. The van der Waals surface area contributed by atoms with Crippen LogP contribution in [0.5, 0.6) is 0 Å². The van der Waals surface area contributed by atoms with E-state index in [1.54, 1.807) is 0 Å². The Hall–Kier alpha value is -1.49. The van der Waals surface area contributed by atoms with Crippen LogP contribution in [0.25, 0.3) is 0 Å². The molecule has 1 unspecified atom stereocenters. The SMILES string of the molecule is CCCCC(C)C(=O)ON(SCc1ccccc1)C(C)=O. The zero-order valence-electron chi connectivity index (χ0n) is 12.9. The Kier molecular flexibility index (Phi) is 7.90. The smallest absolute Gasteiger partial charge is 0.327 e. The van der Waals surface area contributed by atoms with Gasteiger partial charge in [0.2, 0.25) is 0 Å². The van der Waals surface area contributed by atoms with Gasteiger partial charge in [-0.25, -0.2) is 4.79 Å². The van der Waals surface area contributed by atoms with Crippen LogP contribution in [0.15, 0.2) is 30.3 Å². The van der Waals surface area contributed by atoms with Crippen LogP contribution in [0.1, 0.15) is 45.6 Å². The standard InChI is InChI=1S/C16H23NO3S/c1-4-5-9-13(2)16(19)20-17(14(3)18)21-12-15-10-7-6-8-11-15/h6-8,10-11,13H,4-5,9,12H2,1-3H3. The van der Waals surface area contributed by atoms with Crippen LogP contribution in [0.4, 0.5) is 0 Å². The molecule has 1 aromatic rings. The minimum absolute atomic E-state index is 0.191. The van der Waals surface area contributed by atoms with Crippen molar-refractivity contribution in [2.75, 3.05) is 0 Å². The number of unbranched alkanes of at least 4 members (excludes halogenated alkanes) is 1. The van der Waals surface area contributed by atoms with Gasteiger partial charge >= 0.3 is 5.97 Å². The summed E-state index contributed by atoms with van der Waals surface area (Å²) in [4.78, 5) is 28.7. The highest BCUT2D eigenvalue weighted by Crippen LogP contribution is 2.20. The molecule has 0 aliphatic carbocycles. The first-order valence-corrected chi connectivity index (χ1v) is 8.18. The number of carbonyl (C=O) groups excluding carboxylic acids is 2. The van der Waals surface area contributed by atoms with Crippen LogP contribution in [0, 0.1) is 5.92 Å². The van der Waals surface area contributed by atoms with Crippen molar-refractivity contribution in [2.45, 2.75) is 45.8 Å². The average molecular weight is 309 g/mol. The molecule has 1 atom stereocenters. The second-order valence-corrected chi connectivity index (χ2v) is 5.87. The Balaban J connectivity index is 2.50. The van der Waals surface area contributed by atoms with E-state index in [4.69, 9.17) is 4.84 Å². The largest absolute Gasteiger partial charge is 0.336 e. The van der Waals surface area contributed by atoms with E-state index in [1.165, 1.54) is 18.9 Å². The molecule has 0 spiro atoms. The fourth-order valence-corrected chi connectivity index (χ4v) is 2.46. The number of nitrogens with zero attached hydrogens (tertiary/aromatic N) is 1. The normalized spacial score (nSPS) is 11.8. The molecule has 21 heavy (non-hydrogen) atoms. The van der Waals surface area contributed by atoms with E-state index in [9.17, 15) is 9.59 Å². The van der Waals surface area contributed by atoms with Gasteiger partial charge in [-0.05, 0) is 12.0 Å². The summed E-state index contributed by atoms with van der Waals surface area (Å²) in [5, 5.41) is 0. The first-order chi connectivity index (χ1) is 10.0. The average Bonchev–Trinajstić information content (AvgIpc) is 2.49. The number of benzene rings is 1. The lowest BCUT2D eigenvalue weighted by molar-refractivity contribution is -0.179. The van der Waals surface area contributed by atoms with E-state index in [2.05, 4.69) is 6.92 Å². The van der Waals surface area contributed by atoms with Gasteiger partial charge in [-0.2, -0.15) is 0 Å². The molecule has 0 saturated carbocycles. The zero-order valence-corrected chi connectivity index (χ0v) is 13.7. The van der Waals surface area contributed by atoms with Gasteiger partial charge in [0.25, 0.3) is 5.91 Å². The van der Waals surface area contributed by atoms with Crippen molar-refractivity contribution in [3.63, 3.8) is 0 Å². The Labute approximate surface area is 130 Å². The lowest BCUT2D eigenvalue weighted by atomic mass is 10.1. The van der Waals surface area contributed by atoms with E-state index in [1.807, 2.05) is 37.3 Å². The quantitative estimate of drug-likeness (QED) is 0.565. The summed E-state index contributed by atoms with van der Waals surface area (Å²) in [6, 6.07) is 9.75. The molecular formula is C16H23NO3S. The second kappa shape index (κ2) is 9.45. The predicted molar refractivity (Wildman–Crippen MR) is 85.0 cm³/mol. The molecule has 4 nitrogen and oxygen atoms in total. The summed E-state index contributed by atoms with van der Waals surface area (Å²) >= 11 is 1.19. The van der Waals surface area contributed by atoms with Gasteiger partial charge < -0.3 is 4.84 Å². The van der Waals surface area contributed by atoms with E-state index < -0.39 is 0 Å². The van der Waals surface area contributed by atoms with Gasteiger partial charge in [0.1, 0.15) is 0 Å². The number of amides is 1. The number of hydrogen-bond acceptors (Lipinski definition) is 4. The molecule has 5 heteroatoms. The molecule has 0 heterocycles. The summed E-state index contributed by atoms with van der Waals surface area (Å²) in [6.45, 7) is 5.30. The second-order valence-electron chi connectivity index (χ2n) is 4.99. The molecule has 0 saturated heterocycles. The third-order valence-electron chi connectivity index (χ3n) is 3.01. The van der Waals surface area contributed by atoms with Gasteiger partial charge in [-0.1, -0.05) is 57.0 Å². The van der Waals surface area contributed by atoms with Crippen molar-refractivity contribution >= 4 is 23.8 Å². The molecule has 0 fully saturated rings. The Morgan fingerprint density at radius 1 is 1.29 bits per heavy atom. The van der Waals surface area contributed by atoms with E-state index in [0.29, 0.717) is 5.75 Å². The van der Waals surface area contributed by atoms with Crippen LogP contribution < -0.4 is 0 Å². The van der Waals surface area contributed by atoms with Crippen LogP contribution in [-0.4, -0.2) is 16.3 Å². The Bertz CT molecular complexity index is 450. The summed E-state index contributed by atoms with van der Waals surface area (Å²) in [5.74, 6) is -0.243. The topological polar surface area (TPSA) is 46.6 Å². The lowest BCUT2D eigenvalue weighted by Gasteiger charge is -2.20. The lowest BCUT2D eigenvalue weighted by Crippen LogP contribution is -2.28. The van der Waals surface area contributed by atoms with Gasteiger partial charge in [0, 0.05) is 24.6 Å². The molecule has 1 rings (SSSR count). The Morgan fingerprint density at radius 3 is 2.52 bits per heavy atom. The van der Waals surface area contributed by atoms with Crippen LogP contribution in [0.2, 0.25) is 0 Å². The fourth-order valence-electron chi connectivity index (χ4n) is 1.69. The number of rotatable bonds is 7. The van der Waals surface area contributed by atoms with Crippen molar-refractivity contribution in [3.05, 3.63) is 35.9 Å². The monoisotopic (exact) mass is 309 g/mol. The first-order valence-electron chi connectivity index (χ1n) is 7.24. The van der Waals surface area contributed by atoms with Crippen molar-refractivity contribution in [1.29, 1.82) is 0 Å². The van der Waals surface area contributed by atoms with Crippen LogP contribution in [-0.2, 0) is 20.2 Å². The zero-order chi connectivity index (χ0) is 15.7. The molecule has 0 aliphatic rings. The van der Waals surface area contributed by atoms with Gasteiger partial charge in [0.05, 0.1) is 5.92 Å². The maximum absolute atomic E-state index is 11.9. The predicted octanol–water partition coefficient (Wildman–Crippen LogP) is 3.97. The van der Waals surface area contributed by atoms with Crippen LogP contribution >= 0.6 is 11.9 Å². The maximum atomic E-state index is 11.9. The summed E-state index contributed by atoms with van der Waals surface area (Å²) in [6.07, 6.45) is 2.80. The molecule has 1 amide bonds. The molecule has 0 bridgehead atoms. The molecule has 1 aromatic carbocycles. The van der Waals surface area contributed by atoms with Gasteiger partial charge in [-0.3, -0.25) is 4.79 Å². The van der Waals surface area contributed by atoms with Crippen molar-refractivity contribution in [3.8, 4) is 0 Å². The van der Waals surface area contributed by atoms with Gasteiger partial charge in [0.15, 0.2) is 0 Å².